The third-order valence-electron chi connectivity index (χ3n) is 4.43. The number of nitrogens with zero attached hydrogens (tertiary/aromatic N) is 1. The van der Waals surface area contributed by atoms with Gasteiger partial charge < -0.3 is 20.3 Å². The number of hydrogen-bond donors (Lipinski definition) is 2. The molecule has 0 bridgehead atoms. The fraction of sp³-hybridized carbons (Fsp3) is 0.333. The minimum Gasteiger partial charge on any atom is -0.461 e. The summed E-state index contributed by atoms with van der Waals surface area (Å²) in [4.78, 5) is 14.3. The number of hydrogen-bond acceptors (Lipinski definition) is 4. The molecule has 0 amide bonds. The van der Waals surface area contributed by atoms with Crippen LogP contribution in [-0.4, -0.2) is 42.2 Å². The monoisotopic (exact) mass is 419 g/mol. The first-order chi connectivity index (χ1) is 13.4. The zero-order chi connectivity index (χ0) is 20.5. The molecule has 28 heavy (non-hydrogen) atoms. The van der Waals surface area contributed by atoms with Gasteiger partial charge in [-0.1, -0.05) is 31.5 Å². The van der Waals surface area contributed by atoms with Crippen molar-refractivity contribution in [3.63, 3.8) is 0 Å². The number of carbonyl (C=O) groups excluding carboxylic acids is 1. The van der Waals surface area contributed by atoms with E-state index in [2.05, 4.69) is 29.4 Å². The molecule has 0 heterocycles. The van der Waals surface area contributed by atoms with Crippen LogP contribution in [0.1, 0.15) is 29.8 Å². The van der Waals surface area contributed by atoms with E-state index in [1.807, 2.05) is 25.1 Å². The number of benzene rings is 2. The van der Waals surface area contributed by atoms with Crippen LogP contribution >= 0.6 is 23.8 Å². The average molecular weight is 420 g/mol. The Morgan fingerprint density at radius 2 is 1.79 bits per heavy atom. The van der Waals surface area contributed by atoms with Gasteiger partial charge in [-0.25, -0.2) is 4.79 Å². The number of ether oxygens (including phenoxy) is 1. The van der Waals surface area contributed by atoms with E-state index >= 15 is 0 Å². The number of nitrogens with one attached hydrogen (secondary N) is 2. The molecule has 0 radical (unpaired) electrons. The van der Waals surface area contributed by atoms with Crippen LogP contribution < -0.4 is 10.6 Å². The third-order valence-corrected chi connectivity index (χ3v) is 5.04. The highest BCUT2D eigenvalue weighted by Gasteiger charge is 2.09. The van der Waals surface area contributed by atoms with E-state index in [1.165, 1.54) is 0 Å². The standard InChI is InChI=1S/C21H26ClN3O2S/c1-4-25(5-2)13-14-27-20(26)16-9-11-17(12-10-16)23-21(28)24-19-8-6-7-18(22)15(19)3/h6-12H,4-5,13-14H2,1-3H3,(H2,23,24,28). The fourth-order valence-electron chi connectivity index (χ4n) is 2.61. The Bertz CT molecular complexity index is 808. The molecule has 0 fully saturated rings. The van der Waals surface area contributed by atoms with Crippen LogP contribution in [0.25, 0.3) is 0 Å². The van der Waals surface area contributed by atoms with Gasteiger partial charge in [-0.2, -0.15) is 0 Å². The van der Waals surface area contributed by atoms with Crippen LogP contribution in [0, 0.1) is 6.92 Å². The van der Waals surface area contributed by atoms with E-state index in [0.29, 0.717) is 22.3 Å². The predicted octanol–water partition coefficient (Wildman–Crippen LogP) is 4.96. The first-order valence-electron chi connectivity index (χ1n) is 9.27. The quantitative estimate of drug-likeness (QED) is 0.466. The van der Waals surface area contributed by atoms with E-state index < -0.39 is 0 Å². The van der Waals surface area contributed by atoms with Gasteiger partial charge in [0.2, 0.25) is 0 Å². The Morgan fingerprint density at radius 3 is 2.43 bits per heavy atom. The van der Waals surface area contributed by atoms with Crippen LogP contribution in [-0.2, 0) is 4.74 Å². The molecule has 0 unspecified atom stereocenters. The van der Waals surface area contributed by atoms with Crippen molar-refractivity contribution < 1.29 is 9.53 Å². The minimum atomic E-state index is -0.325. The summed E-state index contributed by atoms with van der Waals surface area (Å²) in [7, 11) is 0. The molecule has 2 aromatic rings. The number of rotatable bonds is 8. The van der Waals surface area contributed by atoms with Gasteiger partial charge in [0.25, 0.3) is 0 Å². The molecule has 0 aliphatic rings. The summed E-state index contributed by atoms with van der Waals surface area (Å²) in [5.41, 5.74) is 3.06. The Balaban J connectivity index is 1.87. The lowest BCUT2D eigenvalue weighted by atomic mass is 10.2. The van der Waals surface area contributed by atoms with Gasteiger partial charge in [0.15, 0.2) is 5.11 Å². The van der Waals surface area contributed by atoms with Crippen molar-refractivity contribution in [3.05, 3.63) is 58.6 Å². The molecule has 0 spiro atoms. The van der Waals surface area contributed by atoms with Crippen LogP contribution in [0.15, 0.2) is 42.5 Å². The maximum Gasteiger partial charge on any atom is 0.338 e. The lowest BCUT2D eigenvalue weighted by Crippen LogP contribution is -2.27. The highest BCUT2D eigenvalue weighted by molar-refractivity contribution is 7.80. The molecule has 7 heteroatoms. The Labute approximate surface area is 177 Å². The zero-order valence-electron chi connectivity index (χ0n) is 16.4. The van der Waals surface area contributed by atoms with E-state index in [4.69, 9.17) is 28.6 Å². The maximum atomic E-state index is 12.1. The van der Waals surface area contributed by atoms with Crippen LogP contribution in [0.3, 0.4) is 0 Å². The Hall–Kier alpha value is -2.15. The number of halogens is 1. The molecule has 0 atom stereocenters. The summed E-state index contributed by atoms with van der Waals surface area (Å²) in [5.74, 6) is -0.325. The van der Waals surface area contributed by atoms with Crippen molar-refractivity contribution in [2.75, 3.05) is 36.9 Å². The van der Waals surface area contributed by atoms with Gasteiger partial charge in [-0.05, 0) is 74.2 Å². The molecule has 2 N–H and O–H groups in total. The minimum absolute atomic E-state index is 0.325. The van der Waals surface area contributed by atoms with Crippen LogP contribution in [0.5, 0.6) is 0 Å². The molecular weight excluding hydrogens is 394 g/mol. The average Bonchev–Trinajstić information content (AvgIpc) is 2.69. The van der Waals surface area contributed by atoms with Gasteiger partial charge >= 0.3 is 5.97 Å². The summed E-state index contributed by atoms with van der Waals surface area (Å²) in [6.07, 6.45) is 0. The van der Waals surface area contributed by atoms with Crippen LogP contribution in [0.4, 0.5) is 11.4 Å². The van der Waals surface area contributed by atoms with Crippen molar-refractivity contribution in [2.24, 2.45) is 0 Å². The van der Waals surface area contributed by atoms with E-state index in [1.54, 1.807) is 24.3 Å². The van der Waals surface area contributed by atoms with Gasteiger partial charge in [-0.3, -0.25) is 0 Å². The Morgan fingerprint density at radius 1 is 1.11 bits per heavy atom. The summed E-state index contributed by atoms with van der Waals surface area (Å²) in [6.45, 7) is 9.10. The molecule has 0 aromatic heterocycles. The van der Waals surface area contributed by atoms with Gasteiger partial charge in [0, 0.05) is 22.9 Å². The zero-order valence-corrected chi connectivity index (χ0v) is 18.0. The second-order valence-corrected chi connectivity index (χ2v) is 7.05. The number of anilines is 2. The van der Waals surface area contributed by atoms with Crippen molar-refractivity contribution >= 4 is 46.3 Å². The Kier molecular flexibility index (Phi) is 8.70. The van der Waals surface area contributed by atoms with Gasteiger partial charge in [0.1, 0.15) is 6.61 Å². The first-order valence-corrected chi connectivity index (χ1v) is 10.1. The number of thiocarbonyl (C=S) groups is 1. The summed E-state index contributed by atoms with van der Waals surface area (Å²) < 4.78 is 5.33. The predicted molar refractivity (Wildman–Crippen MR) is 121 cm³/mol. The second-order valence-electron chi connectivity index (χ2n) is 6.23. The number of likely N-dealkylation sites (N-methyl/N-ethyl adjacent to an activating group) is 1. The molecular formula is C21H26ClN3O2S. The summed E-state index contributed by atoms with van der Waals surface area (Å²) in [6, 6.07) is 12.6. The van der Waals surface area contributed by atoms with E-state index in [-0.39, 0.29) is 5.97 Å². The molecule has 150 valence electrons. The van der Waals surface area contributed by atoms with Crippen molar-refractivity contribution in [2.45, 2.75) is 20.8 Å². The molecule has 2 aromatic carbocycles. The lowest BCUT2D eigenvalue weighted by molar-refractivity contribution is 0.0466. The molecule has 2 rings (SSSR count). The fourth-order valence-corrected chi connectivity index (χ4v) is 3.01. The topological polar surface area (TPSA) is 53.6 Å². The highest BCUT2D eigenvalue weighted by atomic mass is 35.5. The summed E-state index contributed by atoms with van der Waals surface area (Å²) in [5, 5.41) is 7.34. The smallest absolute Gasteiger partial charge is 0.338 e. The van der Waals surface area contributed by atoms with Crippen molar-refractivity contribution in [1.82, 2.24) is 4.90 Å². The molecule has 0 saturated carbocycles. The normalized spacial score (nSPS) is 10.6. The molecule has 0 aliphatic carbocycles. The van der Waals surface area contributed by atoms with Gasteiger partial charge in [0.05, 0.1) is 5.56 Å². The maximum absolute atomic E-state index is 12.1. The molecule has 0 saturated heterocycles. The van der Waals surface area contributed by atoms with Crippen LogP contribution in [0.2, 0.25) is 5.02 Å². The van der Waals surface area contributed by atoms with E-state index in [0.717, 1.165) is 36.6 Å². The largest absolute Gasteiger partial charge is 0.461 e. The summed E-state index contributed by atoms with van der Waals surface area (Å²) >= 11 is 11.5. The van der Waals surface area contributed by atoms with Gasteiger partial charge in [-0.15, -0.1) is 0 Å². The first kappa shape index (κ1) is 22.1. The lowest BCUT2D eigenvalue weighted by Gasteiger charge is -2.17. The SMILES string of the molecule is CCN(CC)CCOC(=O)c1ccc(NC(=S)Nc2cccc(Cl)c2C)cc1. The van der Waals surface area contributed by atoms with E-state index in [9.17, 15) is 4.79 Å². The highest BCUT2D eigenvalue weighted by Crippen LogP contribution is 2.23. The van der Waals surface area contributed by atoms with Crippen molar-refractivity contribution in [1.29, 1.82) is 0 Å². The molecule has 5 nitrogen and oxygen atoms in total. The number of esters is 1. The number of carbonyl (C=O) groups is 1. The third kappa shape index (κ3) is 6.48. The molecule has 0 aliphatic heterocycles. The van der Waals surface area contributed by atoms with Crippen molar-refractivity contribution in [3.8, 4) is 0 Å². The second kappa shape index (κ2) is 11.0.